The third-order valence-corrected chi connectivity index (χ3v) is 7.78. The van der Waals surface area contributed by atoms with Gasteiger partial charge in [-0.2, -0.15) is 0 Å². The van der Waals surface area contributed by atoms with E-state index in [1.54, 1.807) is 27.7 Å². The molecule has 0 aliphatic heterocycles. The number of amides is 2. The van der Waals surface area contributed by atoms with Crippen molar-refractivity contribution >= 4 is 33.4 Å². The van der Waals surface area contributed by atoms with Crippen LogP contribution >= 0.6 is 15.6 Å². The van der Waals surface area contributed by atoms with Gasteiger partial charge in [0, 0.05) is 46.1 Å². The summed E-state index contributed by atoms with van der Waals surface area (Å²) in [6, 6.07) is -0.784. The number of likely N-dealkylation sites (N-methyl/N-ethyl adjacent to an activating group) is 2. The van der Waals surface area contributed by atoms with E-state index in [9.17, 15) is 28.5 Å². The number of nitrogens with zero attached hydrogens (tertiary/aromatic N) is 2. The first-order valence-electron chi connectivity index (χ1n) is 21.1. The lowest BCUT2D eigenvalue weighted by molar-refractivity contribution is -0.894. The molecular weight excluding hydrogens is 916 g/mol. The lowest BCUT2D eigenvalue weighted by atomic mass is 10.2. The molecule has 27 heteroatoms. The number of phosphoric acid groups is 2. The number of phosphoric ester groups is 2. The van der Waals surface area contributed by atoms with Crippen LogP contribution in [0.1, 0.15) is 83.1 Å². The van der Waals surface area contributed by atoms with Crippen LogP contribution in [0.3, 0.4) is 0 Å². The number of carboxylic acids is 1. The van der Waals surface area contributed by atoms with Crippen LogP contribution < -0.4 is 37.6 Å². The molecule has 0 aliphatic carbocycles. The molecule has 0 rings (SSSR count). The molecule has 66 heavy (non-hydrogen) atoms. The molecule has 0 aromatic carbocycles. The molecule has 0 spiro atoms. The van der Waals surface area contributed by atoms with Crippen LogP contribution in [0.25, 0.3) is 0 Å². The molecule has 0 saturated heterocycles. The largest absolute Gasteiger partial charge is 0.756 e. The molecule has 17 N–H and O–H groups in total. The van der Waals surface area contributed by atoms with Crippen molar-refractivity contribution in [3.05, 3.63) is 0 Å². The Morgan fingerprint density at radius 1 is 0.667 bits per heavy atom. The van der Waals surface area contributed by atoms with Gasteiger partial charge < -0.3 is 101 Å². The van der Waals surface area contributed by atoms with Gasteiger partial charge in [-0.3, -0.25) is 23.5 Å². The summed E-state index contributed by atoms with van der Waals surface area (Å²) >= 11 is 0. The summed E-state index contributed by atoms with van der Waals surface area (Å²) in [5.74, 6) is -0.297. The summed E-state index contributed by atoms with van der Waals surface area (Å²) in [7, 11) is 4.70. The number of hydrogen-bond acceptors (Lipinski definition) is 18. The number of nitrogens with two attached hydrogens (primary N) is 2. The number of aliphatic hydroxyl groups excluding tert-OH is 6. The molecule has 408 valence electrons. The topological polar surface area (TPSA) is 425 Å². The van der Waals surface area contributed by atoms with Gasteiger partial charge >= 0.3 is 0 Å². The Kier molecular flexibility index (Phi) is 65.1. The number of aliphatic carboxylic acids is 1. The zero-order valence-corrected chi connectivity index (χ0v) is 45.6. The standard InChI is InChI=1S/C10H23N2O5P.C6H16NO.C5H11NO2.C4H11NO2.2C4H10O.C3H10NO4P.C2H4O2.CH5N/c1-9(11-10(2)13)8-17-18(14,15)16-7-6-12(3,4)5;1-6(5-8)7(2,3)4;1-4(3-7)6-5(2)8;1-3(7)4(5)2-6;2*1-4(2)3-5;1-3(4)2-8-9(5,6)7;1-2(3)4;1-2/h9H,6-8H2,1-5H3,(H-,11,13,14,15);6,8H,5H2,1-4H3;4,7H,3H2,1-2H3,(H,6,8);3-4,6-7H,2,5H2,1H3;2*4-5H,3H2,1-2H3;3H,2,4H2,1H3,(H2,5,6,7);1H3,(H,3,4);2H2,1H3/q;+1;;;;;;;. The SMILES string of the molecule is CC(=O)NC(C)CO.CC(=O)NC(C)COP(=O)([O-])OCC[N+](C)(C)C.CC(=O)O.CC(C)CO.CC(C)CO.CC(CO)[N+](C)(C)C.CC(O)C(N)CO.CC([NH3+])COP(=O)([O-])O.CN. The number of quaternary nitrogens is 3. The van der Waals surface area contributed by atoms with Crippen molar-refractivity contribution in [1.82, 2.24) is 10.6 Å². The quantitative estimate of drug-likeness (QED) is 0.0453. The minimum Gasteiger partial charge on any atom is -0.756 e. The predicted octanol–water partition coefficient (Wildman–Crippen LogP) is -2.99. The first-order chi connectivity index (χ1) is 29.5. The number of hydrogen-bond donors (Lipinski definition) is 13. The zero-order chi connectivity index (χ0) is 55.3. The second-order valence-electron chi connectivity index (χ2n) is 17.3. The molecular formula is C39H100N7O18P2+. The van der Waals surface area contributed by atoms with Crippen molar-refractivity contribution in [3.8, 4) is 0 Å². The van der Waals surface area contributed by atoms with E-state index in [2.05, 4.69) is 52.3 Å². The van der Waals surface area contributed by atoms with E-state index >= 15 is 0 Å². The Morgan fingerprint density at radius 2 is 1.02 bits per heavy atom. The summed E-state index contributed by atoms with van der Waals surface area (Å²) in [5.41, 5.74) is 13.1. The van der Waals surface area contributed by atoms with Gasteiger partial charge in [0.05, 0.1) is 80.9 Å². The normalized spacial score (nSPS) is 14.9. The molecule has 0 aromatic heterocycles. The average molecular weight is 1020 g/mol. The van der Waals surface area contributed by atoms with Gasteiger partial charge in [0.1, 0.15) is 31.8 Å². The second-order valence-corrected chi connectivity index (χ2v) is 19.9. The number of carbonyl (C=O) groups is 3. The van der Waals surface area contributed by atoms with Gasteiger partial charge in [-0.15, -0.1) is 0 Å². The van der Waals surface area contributed by atoms with E-state index in [0.29, 0.717) is 42.1 Å². The lowest BCUT2D eigenvalue weighted by Crippen LogP contribution is -2.61. The summed E-state index contributed by atoms with van der Waals surface area (Å²) in [6.45, 7) is 21.5. The molecule has 8 unspecified atom stereocenters. The Labute approximate surface area is 397 Å². The minimum atomic E-state index is -4.51. The number of aliphatic hydroxyl groups is 6. The van der Waals surface area contributed by atoms with Crippen LogP contribution in [0.5, 0.6) is 0 Å². The van der Waals surface area contributed by atoms with Crippen molar-refractivity contribution in [2.45, 2.75) is 119 Å². The first-order valence-corrected chi connectivity index (χ1v) is 24.0. The number of carboxylic acid groups (broad SMARTS) is 1. The van der Waals surface area contributed by atoms with Gasteiger partial charge in [0.25, 0.3) is 21.6 Å². The Balaban J connectivity index is -0.0000000841. The van der Waals surface area contributed by atoms with Gasteiger partial charge in [0.15, 0.2) is 0 Å². The predicted molar refractivity (Wildman–Crippen MR) is 253 cm³/mol. The van der Waals surface area contributed by atoms with Crippen molar-refractivity contribution in [2.24, 2.45) is 23.3 Å². The van der Waals surface area contributed by atoms with Gasteiger partial charge in [-0.25, -0.2) is 0 Å². The van der Waals surface area contributed by atoms with Crippen molar-refractivity contribution in [1.29, 1.82) is 0 Å². The van der Waals surface area contributed by atoms with E-state index in [4.69, 9.17) is 55.7 Å². The molecule has 0 aromatic rings. The molecule has 0 heterocycles. The highest BCUT2D eigenvalue weighted by Crippen LogP contribution is 2.38. The summed E-state index contributed by atoms with van der Waals surface area (Å²) in [6.07, 6.45) is -0.606. The molecule has 0 aliphatic rings. The first kappa shape index (κ1) is 84.1. The highest BCUT2D eigenvalue weighted by molar-refractivity contribution is 7.45. The van der Waals surface area contributed by atoms with Crippen LogP contribution in [0, 0.1) is 11.8 Å². The number of nitrogens with one attached hydrogen (secondary N) is 2. The van der Waals surface area contributed by atoms with E-state index in [1.807, 2.05) is 55.8 Å². The molecule has 8 atom stereocenters. The summed E-state index contributed by atoms with van der Waals surface area (Å²) < 4.78 is 36.0. The van der Waals surface area contributed by atoms with Crippen LogP contribution in [-0.4, -0.2) is 212 Å². The molecule has 25 nitrogen and oxygen atoms in total. The second kappa shape index (κ2) is 51.1. The van der Waals surface area contributed by atoms with Crippen LogP contribution in [0.15, 0.2) is 0 Å². The van der Waals surface area contributed by atoms with E-state index in [-0.39, 0.29) is 69.6 Å². The monoisotopic (exact) mass is 1020 g/mol. The molecule has 0 saturated carbocycles. The third-order valence-electron chi connectivity index (χ3n) is 6.34. The van der Waals surface area contributed by atoms with Crippen molar-refractivity contribution < 1.29 is 102 Å². The zero-order valence-electron chi connectivity index (χ0n) is 43.8. The Hall–Kier alpha value is -1.81. The fraction of sp³-hybridized carbons (Fsp3) is 0.923. The maximum Gasteiger partial charge on any atom is 0.300 e. The van der Waals surface area contributed by atoms with Crippen molar-refractivity contribution in [3.63, 3.8) is 0 Å². The smallest absolute Gasteiger partial charge is 0.300 e. The van der Waals surface area contributed by atoms with Crippen LogP contribution in [0.4, 0.5) is 0 Å². The summed E-state index contributed by atoms with van der Waals surface area (Å²) in [5, 5.41) is 62.5. The van der Waals surface area contributed by atoms with Crippen LogP contribution in [0.2, 0.25) is 0 Å². The fourth-order valence-electron chi connectivity index (χ4n) is 2.07. The molecule has 0 fully saturated rings. The maximum atomic E-state index is 11.4. The average Bonchev–Trinajstić information content (AvgIpc) is 3.15. The molecule has 0 bridgehead atoms. The Bertz CT molecular complexity index is 1160. The molecule has 0 radical (unpaired) electrons. The van der Waals surface area contributed by atoms with E-state index in [1.165, 1.54) is 20.9 Å². The highest BCUT2D eigenvalue weighted by atomic mass is 31.2. The maximum absolute atomic E-state index is 11.4. The molecule has 2 amide bonds. The number of rotatable bonds is 19. The van der Waals surface area contributed by atoms with Gasteiger partial charge in [-0.05, 0) is 53.5 Å². The van der Waals surface area contributed by atoms with Crippen molar-refractivity contribution in [2.75, 3.05) is 109 Å². The number of carbonyl (C=O) groups excluding carboxylic acids is 2. The van der Waals surface area contributed by atoms with E-state index in [0.717, 1.165) is 11.4 Å². The minimum absolute atomic E-state index is 0.000417. The van der Waals surface area contributed by atoms with Gasteiger partial charge in [0.2, 0.25) is 11.8 Å². The lowest BCUT2D eigenvalue weighted by Gasteiger charge is -2.29. The van der Waals surface area contributed by atoms with Gasteiger partial charge in [-0.1, -0.05) is 27.7 Å². The fourth-order valence-corrected chi connectivity index (χ4v) is 3.30. The third kappa shape index (κ3) is 109. The van der Waals surface area contributed by atoms with E-state index < -0.39 is 33.8 Å². The van der Waals surface area contributed by atoms with Crippen LogP contribution in [-0.2, 0) is 37.1 Å². The Morgan fingerprint density at radius 3 is 1.17 bits per heavy atom. The highest BCUT2D eigenvalue weighted by Gasteiger charge is 2.16. The summed E-state index contributed by atoms with van der Waals surface area (Å²) in [4.78, 5) is 59.2.